The molecule has 0 N–H and O–H groups in total. The molecule has 0 fully saturated rings. The zero-order valence-corrected chi connectivity index (χ0v) is 17.5. The number of hydrogen-bond acceptors (Lipinski definition) is 5. The molecule has 0 aliphatic rings. The number of ether oxygens (including phenoxy) is 1. The lowest BCUT2D eigenvalue weighted by Crippen LogP contribution is -2.47. The van der Waals surface area contributed by atoms with Gasteiger partial charge in [-0.3, -0.25) is 4.79 Å². The second kappa shape index (κ2) is 13.9. The first kappa shape index (κ1) is 22.8. The van der Waals surface area contributed by atoms with E-state index in [0.717, 1.165) is 24.8 Å². The van der Waals surface area contributed by atoms with Gasteiger partial charge in [-0.25, -0.2) is 0 Å². The van der Waals surface area contributed by atoms with Crippen molar-refractivity contribution in [2.75, 3.05) is 26.4 Å². The van der Waals surface area contributed by atoms with Crippen LogP contribution in [0.2, 0.25) is 6.04 Å². The maximum Gasteiger partial charge on any atom is 0.504 e. The summed E-state index contributed by atoms with van der Waals surface area (Å²) in [4.78, 5) is 12.0. The summed E-state index contributed by atoms with van der Waals surface area (Å²) in [5, 5.41) is 0. The van der Waals surface area contributed by atoms with Gasteiger partial charge in [0, 0.05) is 26.2 Å². The fourth-order valence-electron chi connectivity index (χ4n) is 2.37. The summed E-state index contributed by atoms with van der Waals surface area (Å²) in [5.74, 6) is -0.196. The van der Waals surface area contributed by atoms with Gasteiger partial charge in [-0.15, -0.1) is 0 Å². The third kappa shape index (κ3) is 9.47. The topological polar surface area (TPSA) is 54.0 Å². The summed E-state index contributed by atoms with van der Waals surface area (Å²) < 4.78 is 23.4. The highest BCUT2D eigenvalue weighted by Gasteiger charge is 2.41. The van der Waals surface area contributed by atoms with Crippen molar-refractivity contribution in [3.05, 3.63) is 35.9 Å². The second-order valence-corrected chi connectivity index (χ2v) is 8.92. The summed E-state index contributed by atoms with van der Waals surface area (Å²) >= 11 is 0. The van der Waals surface area contributed by atoms with Crippen LogP contribution in [0.25, 0.3) is 0 Å². The Morgan fingerprint density at radius 1 is 0.846 bits per heavy atom. The summed E-state index contributed by atoms with van der Waals surface area (Å²) in [6.45, 7) is 8.25. The van der Waals surface area contributed by atoms with Gasteiger partial charge in [-0.2, -0.15) is 0 Å². The van der Waals surface area contributed by atoms with Crippen LogP contribution in [0.5, 0.6) is 0 Å². The molecule has 0 saturated carbocycles. The summed E-state index contributed by atoms with van der Waals surface area (Å²) in [7, 11) is -2.79. The number of rotatable bonds is 15. The zero-order valence-electron chi connectivity index (χ0n) is 16.5. The highest BCUT2D eigenvalue weighted by molar-refractivity contribution is 6.60. The van der Waals surface area contributed by atoms with Crippen LogP contribution in [0.4, 0.5) is 0 Å². The SMILES string of the molecule is CCCO[Si](CCOC(=O)CCc1ccccc1)(OCCC)OCCC. The van der Waals surface area contributed by atoms with E-state index in [1.807, 2.05) is 30.3 Å². The van der Waals surface area contributed by atoms with Gasteiger partial charge >= 0.3 is 14.8 Å². The Bertz CT molecular complexity index is 459. The van der Waals surface area contributed by atoms with Gasteiger partial charge in [-0.05, 0) is 31.2 Å². The van der Waals surface area contributed by atoms with Crippen LogP contribution < -0.4 is 0 Å². The first-order chi connectivity index (χ1) is 12.7. The van der Waals surface area contributed by atoms with E-state index in [4.69, 9.17) is 18.0 Å². The van der Waals surface area contributed by atoms with Gasteiger partial charge in [0.15, 0.2) is 0 Å². The van der Waals surface area contributed by atoms with E-state index in [1.54, 1.807) is 0 Å². The fourth-order valence-corrected chi connectivity index (χ4v) is 4.95. The van der Waals surface area contributed by atoms with E-state index >= 15 is 0 Å². The molecule has 5 nitrogen and oxygen atoms in total. The van der Waals surface area contributed by atoms with Crippen molar-refractivity contribution in [3.63, 3.8) is 0 Å². The average molecular weight is 383 g/mol. The summed E-state index contributed by atoms with van der Waals surface area (Å²) in [6, 6.07) is 10.4. The van der Waals surface area contributed by atoms with Gasteiger partial charge in [0.2, 0.25) is 0 Å². The third-order valence-electron chi connectivity index (χ3n) is 3.71. The predicted octanol–water partition coefficient (Wildman–Crippen LogP) is 4.38. The van der Waals surface area contributed by atoms with Gasteiger partial charge in [0.05, 0.1) is 12.7 Å². The molecule has 0 aliphatic carbocycles. The molecule has 0 heterocycles. The maximum atomic E-state index is 12.0. The maximum absolute atomic E-state index is 12.0. The Morgan fingerprint density at radius 3 is 1.88 bits per heavy atom. The number of hydrogen-bond donors (Lipinski definition) is 0. The van der Waals surface area contributed by atoms with Crippen molar-refractivity contribution in [1.82, 2.24) is 0 Å². The van der Waals surface area contributed by atoms with Gasteiger partial charge in [-0.1, -0.05) is 51.1 Å². The first-order valence-corrected chi connectivity index (χ1v) is 11.7. The molecule has 0 radical (unpaired) electrons. The fraction of sp³-hybridized carbons (Fsp3) is 0.650. The highest BCUT2D eigenvalue weighted by Crippen LogP contribution is 2.18. The zero-order chi connectivity index (χ0) is 19.1. The average Bonchev–Trinajstić information content (AvgIpc) is 2.68. The predicted molar refractivity (Wildman–Crippen MR) is 105 cm³/mol. The van der Waals surface area contributed by atoms with Gasteiger partial charge in [0.1, 0.15) is 0 Å². The molecule has 1 aromatic rings. The van der Waals surface area contributed by atoms with Gasteiger partial charge in [0.25, 0.3) is 0 Å². The first-order valence-electron chi connectivity index (χ1n) is 9.77. The Morgan fingerprint density at radius 2 is 1.38 bits per heavy atom. The van der Waals surface area contributed by atoms with Crippen LogP contribution in [0, 0.1) is 0 Å². The third-order valence-corrected chi connectivity index (χ3v) is 6.46. The smallest absolute Gasteiger partial charge is 0.466 e. The summed E-state index contributed by atoms with van der Waals surface area (Å²) in [6.07, 6.45) is 3.76. The molecule has 6 heteroatoms. The number of carbonyl (C=O) groups is 1. The molecular formula is C20H34O5Si. The molecule has 0 amide bonds. The molecular weight excluding hydrogens is 348 g/mol. The Hall–Kier alpha value is -1.21. The lowest BCUT2D eigenvalue weighted by atomic mass is 10.1. The van der Waals surface area contributed by atoms with Crippen molar-refractivity contribution < 1.29 is 22.8 Å². The van der Waals surface area contributed by atoms with Crippen LogP contribution in [0.3, 0.4) is 0 Å². The quantitative estimate of drug-likeness (QED) is 0.333. The van der Waals surface area contributed by atoms with Crippen molar-refractivity contribution >= 4 is 14.8 Å². The molecule has 1 aromatic carbocycles. The molecule has 0 unspecified atom stereocenters. The Labute approximate surface area is 159 Å². The van der Waals surface area contributed by atoms with Crippen molar-refractivity contribution in [3.8, 4) is 0 Å². The summed E-state index contributed by atoms with van der Waals surface area (Å²) in [5.41, 5.74) is 1.14. The molecule has 0 aliphatic heterocycles. The standard InChI is InChI=1S/C20H34O5Si/c1-4-14-23-26(24-15-5-2,25-16-6-3)18-17-22-20(21)13-12-19-10-8-7-9-11-19/h7-11H,4-6,12-18H2,1-3H3. The number of aryl methyl sites for hydroxylation is 1. The minimum Gasteiger partial charge on any atom is -0.466 e. The largest absolute Gasteiger partial charge is 0.504 e. The molecule has 0 spiro atoms. The Kier molecular flexibility index (Phi) is 12.2. The van der Waals surface area contributed by atoms with E-state index in [0.29, 0.717) is 38.7 Å². The van der Waals surface area contributed by atoms with Crippen molar-refractivity contribution in [1.29, 1.82) is 0 Å². The minimum atomic E-state index is -2.79. The molecule has 0 atom stereocenters. The number of carbonyl (C=O) groups excluding carboxylic acids is 1. The van der Waals surface area contributed by atoms with Crippen LogP contribution >= 0.6 is 0 Å². The van der Waals surface area contributed by atoms with E-state index in [2.05, 4.69) is 20.8 Å². The molecule has 26 heavy (non-hydrogen) atoms. The minimum absolute atomic E-state index is 0.196. The van der Waals surface area contributed by atoms with Crippen LogP contribution in [0.1, 0.15) is 52.0 Å². The second-order valence-electron chi connectivity index (χ2n) is 6.18. The van der Waals surface area contributed by atoms with Crippen LogP contribution in [-0.2, 0) is 29.2 Å². The van der Waals surface area contributed by atoms with Crippen LogP contribution in [-0.4, -0.2) is 41.2 Å². The van der Waals surface area contributed by atoms with E-state index in [-0.39, 0.29) is 12.6 Å². The Balaban J connectivity index is 2.47. The van der Waals surface area contributed by atoms with Crippen LogP contribution in [0.15, 0.2) is 30.3 Å². The highest BCUT2D eigenvalue weighted by atomic mass is 28.4. The normalized spacial score (nSPS) is 11.5. The van der Waals surface area contributed by atoms with Gasteiger partial charge < -0.3 is 18.0 Å². The molecule has 0 bridgehead atoms. The van der Waals surface area contributed by atoms with E-state index in [1.165, 1.54) is 0 Å². The molecule has 0 aromatic heterocycles. The number of benzene rings is 1. The molecule has 1 rings (SSSR count). The molecule has 148 valence electrons. The lowest BCUT2D eigenvalue weighted by Gasteiger charge is -2.29. The van der Waals surface area contributed by atoms with E-state index < -0.39 is 8.80 Å². The molecule has 0 saturated heterocycles. The van der Waals surface area contributed by atoms with Crippen molar-refractivity contribution in [2.24, 2.45) is 0 Å². The van der Waals surface area contributed by atoms with E-state index in [9.17, 15) is 4.79 Å². The lowest BCUT2D eigenvalue weighted by molar-refractivity contribution is -0.143. The van der Waals surface area contributed by atoms with Crippen molar-refractivity contribution in [2.45, 2.75) is 58.9 Å². The monoisotopic (exact) mass is 382 g/mol. The number of esters is 1.